The smallest absolute Gasteiger partial charge is 0.317 e. The van der Waals surface area contributed by atoms with Crippen LogP contribution in [0.25, 0.3) is 0 Å². The molecule has 17 heavy (non-hydrogen) atoms. The Kier molecular flexibility index (Phi) is 3.92. The van der Waals surface area contributed by atoms with Crippen LogP contribution >= 0.6 is 0 Å². The third-order valence-electron chi connectivity index (χ3n) is 4.14. The van der Waals surface area contributed by atoms with E-state index in [0.717, 1.165) is 19.3 Å². The molecular formula is C13H24N2O2. The Morgan fingerprint density at radius 3 is 2.65 bits per heavy atom. The molecule has 4 nitrogen and oxygen atoms in total. The molecular weight excluding hydrogens is 216 g/mol. The van der Waals surface area contributed by atoms with Crippen molar-refractivity contribution in [2.45, 2.75) is 51.2 Å². The molecule has 0 aromatic heterocycles. The molecule has 0 radical (unpaired) electrons. The summed E-state index contributed by atoms with van der Waals surface area (Å²) in [6.45, 7) is 2.65. The lowest BCUT2D eigenvalue weighted by Gasteiger charge is -2.25. The first kappa shape index (κ1) is 12.7. The molecule has 2 aliphatic carbocycles. The van der Waals surface area contributed by atoms with E-state index in [0.29, 0.717) is 24.4 Å². The second-order valence-electron chi connectivity index (χ2n) is 5.75. The van der Waals surface area contributed by atoms with Gasteiger partial charge in [-0.05, 0) is 37.5 Å². The predicted molar refractivity (Wildman–Crippen MR) is 66.7 cm³/mol. The second kappa shape index (κ2) is 5.25. The monoisotopic (exact) mass is 240 g/mol. The molecule has 2 N–H and O–H groups in total. The highest BCUT2D eigenvalue weighted by molar-refractivity contribution is 5.74. The van der Waals surface area contributed by atoms with Gasteiger partial charge in [0.25, 0.3) is 0 Å². The molecule has 3 atom stereocenters. The zero-order chi connectivity index (χ0) is 12.4. The molecule has 2 aliphatic rings. The van der Waals surface area contributed by atoms with Crippen LogP contribution in [0.3, 0.4) is 0 Å². The number of nitrogens with zero attached hydrogens (tertiary/aromatic N) is 1. The van der Waals surface area contributed by atoms with Crippen LogP contribution in [0.5, 0.6) is 0 Å². The maximum atomic E-state index is 11.9. The number of rotatable bonds is 4. The number of hydrogen-bond donors (Lipinski definition) is 2. The number of aliphatic hydroxyl groups excluding tert-OH is 1. The summed E-state index contributed by atoms with van der Waals surface area (Å²) < 4.78 is 0. The van der Waals surface area contributed by atoms with Gasteiger partial charge in [-0.15, -0.1) is 0 Å². The minimum Gasteiger partial charge on any atom is -0.391 e. The molecule has 0 aromatic carbocycles. The molecule has 2 rings (SSSR count). The van der Waals surface area contributed by atoms with E-state index in [1.54, 1.807) is 11.9 Å². The van der Waals surface area contributed by atoms with E-state index in [1.807, 2.05) is 0 Å². The van der Waals surface area contributed by atoms with Gasteiger partial charge in [0.1, 0.15) is 0 Å². The van der Waals surface area contributed by atoms with Gasteiger partial charge in [0.2, 0.25) is 0 Å². The van der Waals surface area contributed by atoms with Crippen molar-refractivity contribution in [1.29, 1.82) is 0 Å². The summed E-state index contributed by atoms with van der Waals surface area (Å²) in [6.07, 6.45) is 5.38. The Bertz CT molecular complexity index is 279. The summed E-state index contributed by atoms with van der Waals surface area (Å²) in [5.41, 5.74) is 0. The van der Waals surface area contributed by atoms with Gasteiger partial charge in [-0.2, -0.15) is 0 Å². The first-order chi connectivity index (χ1) is 8.08. The van der Waals surface area contributed by atoms with Crippen LogP contribution in [0.4, 0.5) is 4.79 Å². The predicted octanol–water partition coefficient (Wildman–Crippen LogP) is 1.59. The van der Waals surface area contributed by atoms with E-state index in [2.05, 4.69) is 12.2 Å². The quantitative estimate of drug-likeness (QED) is 0.784. The molecule has 0 aliphatic heterocycles. The largest absolute Gasteiger partial charge is 0.391 e. The fourth-order valence-corrected chi connectivity index (χ4v) is 2.62. The maximum Gasteiger partial charge on any atom is 0.317 e. The zero-order valence-electron chi connectivity index (χ0n) is 10.9. The summed E-state index contributed by atoms with van der Waals surface area (Å²) in [5, 5.41) is 12.9. The summed E-state index contributed by atoms with van der Waals surface area (Å²) in [7, 11) is 1.76. The Hall–Kier alpha value is -0.770. The third kappa shape index (κ3) is 3.35. The van der Waals surface area contributed by atoms with Crippen LogP contribution in [0.1, 0.15) is 39.0 Å². The van der Waals surface area contributed by atoms with Gasteiger partial charge >= 0.3 is 6.03 Å². The summed E-state index contributed by atoms with van der Waals surface area (Å²) in [4.78, 5) is 13.5. The van der Waals surface area contributed by atoms with Gasteiger partial charge < -0.3 is 15.3 Å². The topological polar surface area (TPSA) is 52.6 Å². The van der Waals surface area contributed by atoms with Gasteiger partial charge in [-0.1, -0.05) is 13.3 Å². The summed E-state index contributed by atoms with van der Waals surface area (Å²) in [5.74, 6) is 1.01. The number of carbonyl (C=O) groups is 1. The standard InChI is InChI=1S/C13H24N2O2/c1-9-4-3-5-11(9)14-13(17)15(2)8-12(16)10-6-7-10/h9-12,16H,3-8H2,1-2H3,(H,14,17). The SMILES string of the molecule is CC1CCCC1NC(=O)N(C)CC(O)C1CC1. The summed E-state index contributed by atoms with van der Waals surface area (Å²) in [6, 6.07) is 0.284. The number of hydrogen-bond acceptors (Lipinski definition) is 2. The highest BCUT2D eigenvalue weighted by Gasteiger charge is 2.32. The highest BCUT2D eigenvalue weighted by atomic mass is 16.3. The number of aliphatic hydroxyl groups is 1. The van der Waals surface area contributed by atoms with E-state index in [9.17, 15) is 9.90 Å². The molecule has 2 amide bonds. The van der Waals surface area contributed by atoms with Crippen molar-refractivity contribution in [2.75, 3.05) is 13.6 Å². The van der Waals surface area contributed by atoms with Crippen molar-refractivity contribution < 1.29 is 9.90 Å². The van der Waals surface area contributed by atoms with Crippen LogP contribution in [-0.2, 0) is 0 Å². The van der Waals surface area contributed by atoms with Crippen molar-refractivity contribution in [1.82, 2.24) is 10.2 Å². The number of amides is 2. The van der Waals surface area contributed by atoms with Crippen LogP contribution < -0.4 is 5.32 Å². The van der Waals surface area contributed by atoms with Crippen molar-refractivity contribution in [3.63, 3.8) is 0 Å². The summed E-state index contributed by atoms with van der Waals surface area (Å²) >= 11 is 0. The molecule has 0 heterocycles. The van der Waals surface area contributed by atoms with Crippen LogP contribution in [-0.4, -0.2) is 41.8 Å². The van der Waals surface area contributed by atoms with Crippen molar-refractivity contribution in [3.8, 4) is 0 Å². The normalized spacial score (nSPS) is 30.1. The van der Waals surface area contributed by atoms with Crippen molar-refractivity contribution in [3.05, 3.63) is 0 Å². The second-order valence-corrected chi connectivity index (χ2v) is 5.75. The highest BCUT2D eigenvalue weighted by Crippen LogP contribution is 2.32. The van der Waals surface area contributed by atoms with Crippen LogP contribution in [0.15, 0.2) is 0 Å². The number of likely N-dealkylation sites (N-methyl/N-ethyl adjacent to an activating group) is 1. The van der Waals surface area contributed by atoms with Crippen LogP contribution in [0.2, 0.25) is 0 Å². The molecule has 3 unspecified atom stereocenters. The van der Waals surface area contributed by atoms with Gasteiger partial charge in [0.05, 0.1) is 6.10 Å². The van der Waals surface area contributed by atoms with Gasteiger partial charge in [-0.25, -0.2) is 4.79 Å². The van der Waals surface area contributed by atoms with Gasteiger partial charge in [0, 0.05) is 19.6 Å². The molecule has 0 bridgehead atoms. The first-order valence-corrected chi connectivity index (χ1v) is 6.77. The molecule has 4 heteroatoms. The minimum absolute atomic E-state index is 0.0385. The lowest BCUT2D eigenvalue weighted by Crippen LogP contribution is -2.46. The van der Waals surface area contributed by atoms with Crippen LogP contribution in [0, 0.1) is 11.8 Å². The number of urea groups is 1. The Balaban J connectivity index is 1.74. The molecule has 2 fully saturated rings. The third-order valence-corrected chi connectivity index (χ3v) is 4.14. The molecule has 0 spiro atoms. The lowest BCUT2D eigenvalue weighted by molar-refractivity contribution is 0.112. The van der Waals surface area contributed by atoms with Crippen molar-refractivity contribution >= 4 is 6.03 Å². The first-order valence-electron chi connectivity index (χ1n) is 6.77. The van der Waals surface area contributed by atoms with E-state index in [1.165, 1.54) is 12.8 Å². The van der Waals surface area contributed by atoms with E-state index in [4.69, 9.17) is 0 Å². The van der Waals surface area contributed by atoms with E-state index in [-0.39, 0.29) is 12.1 Å². The molecule has 0 aromatic rings. The van der Waals surface area contributed by atoms with Crippen molar-refractivity contribution in [2.24, 2.45) is 11.8 Å². The van der Waals surface area contributed by atoms with Gasteiger partial charge in [-0.3, -0.25) is 0 Å². The van der Waals surface area contributed by atoms with E-state index < -0.39 is 0 Å². The maximum absolute atomic E-state index is 11.9. The number of nitrogens with one attached hydrogen (secondary N) is 1. The number of carbonyl (C=O) groups excluding carboxylic acids is 1. The Morgan fingerprint density at radius 2 is 2.12 bits per heavy atom. The molecule has 0 saturated heterocycles. The zero-order valence-corrected chi connectivity index (χ0v) is 10.9. The lowest BCUT2D eigenvalue weighted by atomic mass is 10.1. The van der Waals surface area contributed by atoms with Gasteiger partial charge in [0.15, 0.2) is 0 Å². The Labute approximate surface area is 103 Å². The van der Waals surface area contributed by atoms with E-state index >= 15 is 0 Å². The molecule has 98 valence electrons. The fourth-order valence-electron chi connectivity index (χ4n) is 2.62. The average Bonchev–Trinajstić information content (AvgIpc) is 3.05. The fraction of sp³-hybridized carbons (Fsp3) is 0.923. The average molecular weight is 240 g/mol. The Morgan fingerprint density at radius 1 is 1.41 bits per heavy atom. The minimum atomic E-state index is -0.341. The molecule has 2 saturated carbocycles.